The SMILES string of the molecule is C#CC(C)(C)CC([O])=O. The predicted octanol–water partition coefficient (Wildman–Crippen LogP) is 0.993. The van der Waals surface area contributed by atoms with Crippen LogP contribution in [0.4, 0.5) is 0 Å². The molecule has 0 fully saturated rings. The smallest absolute Gasteiger partial charge is 0.247 e. The van der Waals surface area contributed by atoms with Crippen molar-refractivity contribution in [1.29, 1.82) is 0 Å². The lowest BCUT2D eigenvalue weighted by atomic mass is 9.91. The van der Waals surface area contributed by atoms with Crippen LogP contribution in [0.25, 0.3) is 0 Å². The highest BCUT2D eigenvalue weighted by Crippen LogP contribution is 2.17. The highest BCUT2D eigenvalue weighted by atomic mass is 16.4. The van der Waals surface area contributed by atoms with Crippen LogP contribution in [0.5, 0.6) is 0 Å². The Kier molecular flexibility index (Phi) is 2.27. The molecule has 0 aliphatic rings. The summed E-state index contributed by atoms with van der Waals surface area (Å²) in [4.78, 5) is 9.97. The molecule has 0 atom stereocenters. The molecule has 0 bridgehead atoms. The number of hydrogen-bond acceptors (Lipinski definition) is 1. The molecular formula is C7H9O2. The van der Waals surface area contributed by atoms with Gasteiger partial charge in [-0.2, -0.15) is 0 Å². The van der Waals surface area contributed by atoms with Crippen molar-refractivity contribution in [3.63, 3.8) is 0 Å². The van der Waals surface area contributed by atoms with Crippen molar-refractivity contribution >= 4 is 5.97 Å². The molecule has 0 heterocycles. The molecule has 2 heteroatoms. The quantitative estimate of drug-likeness (QED) is 0.507. The lowest BCUT2D eigenvalue weighted by molar-refractivity contribution is -0.144. The van der Waals surface area contributed by atoms with E-state index in [0.717, 1.165) is 0 Å². The molecule has 1 radical (unpaired) electrons. The molecule has 0 rings (SSSR count). The average molecular weight is 125 g/mol. The topological polar surface area (TPSA) is 37.0 Å². The van der Waals surface area contributed by atoms with Crippen LogP contribution in [0.15, 0.2) is 0 Å². The lowest BCUT2D eigenvalue weighted by Gasteiger charge is -2.11. The third-order valence-electron chi connectivity index (χ3n) is 0.977. The molecule has 0 aromatic heterocycles. The van der Waals surface area contributed by atoms with Crippen molar-refractivity contribution in [1.82, 2.24) is 0 Å². The molecule has 0 amide bonds. The van der Waals surface area contributed by atoms with Gasteiger partial charge < -0.3 is 0 Å². The third-order valence-corrected chi connectivity index (χ3v) is 0.977. The molecule has 0 aromatic rings. The predicted molar refractivity (Wildman–Crippen MR) is 32.9 cm³/mol. The fourth-order valence-corrected chi connectivity index (χ4v) is 0.412. The van der Waals surface area contributed by atoms with E-state index in [9.17, 15) is 9.90 Å². The first kappa shape index (κ1) is 8.03. The maximum atomic E-state index is 9.97. The number of carbonyl (C=O) groups is 1. The minimum atomic E-state index is -1.10. The standard InChI is InChI=1S/C7H9O2/c1-4-7(2,3)5-6(8)9/h1H,5H2,2-3H3. The van der Waals surface area contributed by atoms with Crippen LogP contribution in [0, 0.1) is 17.8 Å². The Balaban J connectivity index is 3.91. The zero-order chi connectivity index (χ0) is 7.49. The van der Waals surface area contributed by atoms with Gasteiger partial charge in [-0.25, -0.2) is 9.90 Å². The van der Waals surface area contributed by atoms with E-state index in [1.54, 1.807) is 13.8 Å². The van der Waals surface area contributed by atoms with E-state index in [1.807, 2.05) is 0 Å². The summed E-state index contributed by atoms with van der Waals surface area (Å²) in [7, 11) is 0. The molecule has 0 saturated carbocycles. The van der Waals surface area contributed by atoms with Gasteiger partial charge in [-0.1, -0.05) is 5.92 Å². The summed E-state index contributed by atoms with van der Waals surface area (Å²) >= 11 is 0. The van der Waals surface area contributed by atoms with E-state index >= 15 is 0 Å². The van der Waals surface area contributed by atoms with Crippen LogP contribution < -0.4 is 0 Å². The molecule has 9 heavy (non-hydrogen) atoms. The number of carbonyl (C=O) groups excluding carboxylic acids is 1. The number of hydrogen-bond donors (Lipinski definition) is 0. The highest BCUT2D eigenvalue weighted by molar-refractivity contribution is 5.67. The summed E-state index contributed by atoms with van der Waals surface area (Å²) in [5, 5.41) is 9.97. The first-order valence-electron chi connectivity index (χ1n) is 2.65. The van der Waals surface area contributed by atoms with Gasteiger partial charge in [0.1, 0.15) is 0 Å². The Morgan fingerprint density at radius 1 is 1.67 bits per heavy atom. The molecule has 49 valence electrons. The lowest BCUT2D eigenvalue weighted by Crippen LogP contribution is -2.12. The van der Waals surface area contributed by atoms with Crippen LogP contribution in [-0.2, 0) is 9.90 Å². The molecule has 2 nitrogen and oxygen atoms in total. The average Bonchev–Trinajstić information content (AvgIpc) is 1.63. The van der Waals surface area contributed by atoms with Gasteiger partial charge >= 0.3 is 5.97 Å². The van der Waals surface area contributed by atoms with Crippen molar-refractivity contribution < 1.29 is 9.90 Å². The second kappa shape index (κ2) is 2.54. The van der Waals surface area contributed by atoms with Gasteiger partial charge in [-0.05, 0) is 13.8 Å². The van der Waals surface area contributed by atoms with Crippen molar-refractivity contribution in [2.24, 2.45) is 5.41 Å². The van der Waals surface area contributed by atoms with E-state index in [0.29, 0.717) is 0 Å². The van der Waals surface area contributed by atoms with Crippen LogP contribution in [-0.4, -0.2) is 5.97 Å². The fraction of sp³-hybridized carbons (Fsp3) is 0.571. The Hall–Kier alpha value is -0.970. The summed E-state index contributed by atoms with van der Waals surface area (Å²) in [6, 6.07) is 0. The van der Waals surface area contributed by atoms with Crippen LogP contribution >= 0.6 is 0 Å². The molecule has 0 spiro atoms. The van der Waals surface area contributed by atoms with E-state index in [2.05, 4.69) is 5.92 Å². The second-order valence-corrected chi connectivity index (χ2v) is 2.58. The fourth-order valence-electron chi connectivity index (χ4n) is 0.412. The van der Waals surface area contributed by atoms with Crippen molar-refractivity contribution in [3.05, 3.63) is 0 Å². The minimum Gasteiger partial charge on any atom is -0.247 e. The molecule has 0 unspecified atom stereocenters. The highest BCUT2D eigenvalue weighted by Gasteiger charge is 2.18. The van der Waals surface area contributed by atoms with Gasteiger partial charge in [-0.15, -0.1) is 6.42 Å². The van der Waals surface area contributed by atoms with Gasteiger partial charge in [0, 0.05) is 5.41 Å². The summed E-state index contributed by atoms with van der Waals surface area (Å²) in [6.45, 7) is 3.37. The van der Waals surface area contributed by atoms with E-state index in [4.69, 9.17) is 6.42 Å². The molecule has 0 aliphatic carbocycles. The Labute approximate surface area is 54.9 Å². The Bertz CT molecular complexity index is 151. The summed E-state index contributed by atoms with van der Waals surface area (Å²) in [6.07, 6.45) is 4.93. The first-order valence-corrected chi connectivity index (χ1v) is 2.65. The van der Waals surface area contributed by atoms with E-state index in [-0.39, 0.29) is 6.42 Å². The Morgan fingerprint density at radius 2 is 2.11 bits per heavy atom. The second-order valence-electron chi connectivity index (χ2n) is 2.58. The summed E-state index contributed by atoms with van der Waals surface area (Å²) in [5.41, 5.74) is -0.571. The molecule has 0 aliphatic heterocycles. The first-order chi connectivity index (χ1) is 3.98. The van der Waals surface area contributed by atoms with Crippen LogP contribution in [0.3, 0.4) is 0 Å². The maximum Gasteiger partial charge on any atom is 0.357 e. The van der Waals surface area contributed by atoms with Gasteiger partial charge in [-0.3, -0.25) is 0 Å². The number of rotatable bonds is 2. The molecule has 0 saturated heterocycles. The summed E-state index contributed by atoms with van der Waals surface area (Å²) < 4.78 is 0. The van der Waals surface area contributed by atoms with Crippen molar-refractivity contribution in [3.8, 4) is 12.3 Å². The van der Waals surface area contributed by atoms with Crippen LogP contribution in [0.2, 0.25) is 0 Å². The largest absolute Gasteiger partial charge is 0.357 e. The zero-order valence-corrected chi connectivity index (χ0v) is 5.60. The monoisotopic (exact) mass is 125 g/mol. The van der Waals surface area contributed by atoms with Gasteiger partial charge in [0.15, 0.2) is 0 Å². The number of terminal acetylenes is 1. The van der Waals surface area contributed by atoms with Gasteiger partial charge in [0.05, 0.1) is 6.42 Å². The molecule has 0 N–H and O–H groups in total. The van der Waals surface area contributed by atoms with E-state index < -0.39 is 11.4 Å². The molecule has 0 aromatic carbocycles. The zero-order valence-electron chi connectivity index (χ0n) is 5.60. The molecular weight excluding hydrogens is 116 g/mol. The normalized spacial score (nSPS) is 10.3. The third kappa shape index (κ3) is 3.60. The van der Waals surface area contributed by atoms with Crippen molar-refractivity contribution in [2.75, 3.05) is 0 Å². The van der Waals surface area contributed by atoms with Crippen molar-refractivity contribution in [2.45, 2.75) is 20.3 Å². The van der Waals surface area contributed by atoms with E-state index in [1.165, 1.54) is 0 Å². The maximum absolute atomic E-state index is 9.97. The minimum absolute atomic E-state index is 0.0799. The van der Waals surface area contributed by atoms with Gasteiger partial charge in [0.2, 0.25) is 0 Å². The Morgan fingerprint density at radius 3 is 2.22 bits per heavy atom. The summed E-state index contributed by atoms with van der Waals surface area (Å²) in [5.74, 6) is 1.25. The van der Waals surface area contributed by atoms with Crippen LogP contribution in [0.1, 0.15) is 20.3 Å². The van der Waals surface area contributed by atoms with Gasteiger partial charge in [0.25, 0.3) is 0 Å².